The highest BCUT2D eigenvalue weighted by Gasteiger charge is 2.51. The molecule has 1 fully saturated rings. The number of amides is 3. The molecule has 0 spiro atoms. The van der Waals surface area contributed by atoms with Crippen LogP contribution in [0.5, 0.6) is 0 Å². The summed E-state index contributed by atoms with van der Waals surface area (Å²) in [6.45, 7) is 6.49. The Morgan fingerprint density at radius 2 is 1.75 bits per heavy atom. The monoisotopic (exact) mass is 276 g/mol. The van der Waals surface area contributed by atoms with Crippen molar-refractivity contribution in [2.45, 2.75) is 44.9 Å². The van der Waals surface area contributed by atoms with Crippen molar-refractivity contribution in [3.05, 3.63) is 35.9 Å². The lowest BCUT2D eigenvalue weighted by molar-refractivity contribution is -0.136. The molecule has 1 aliphatic heterocycles. The summed E-state index contributed by atoms with van der Waals surface area (Å²) in [6.07, 6.45) is 0. The number of imide groups is 1. The van der Waals surface area contributed by atoms with Crippen molar-refractivity contribution in [3.63, 3.8) is 0 Å². The van der Waals surface area contributed by atoms with Crippen molar-refractivity contribution in [1.82, 2.24) is 10.2 Å². The van der Waals surface area contributed by atoms with Gasteiger partial charge in [0.15, 0.2) is 0 Å². The van der Waals surface area contributed by atoms with Gasteiger partial charge in [0, 0.05) is 0 Å². The first-order valence-corrected chi connectivity index (χ1v) is 6.58. The van der Waals surface area contributed by atoms with E-state index in [-0.39, 0.29) is 5.91 Å². The molecule has 1 unspecified atom stereocenters. The van der Waals surface area contributed by atoms with Gasteiger partial charge in [-0.2, -0.15) is 0 Å². The van der Waals surface area contributed by atoms with Crippen LogP contribution in [0.15, 0.2) is 30.3 Å². The first-order valence-electron chi connectivity index (χ1n) is 6.58. The van der Waals surface area contributed by atoms with Crippen molar-refractivity contribution in [1.29, 1.82) is 0 Å². The normalized spacial score (nSPS) is 19.9. The van der Waals surface area contributed by atoms with Gasteiger partial charge in [-0.25, -0.2) is 4.79 Å². The summed E-state index contributed by atoms with van der Waals surface area (Å²) in [7, 11) is 0. The van der Waals surface area contributed by atoms with Crippen LogP contribution in [-0.2, 0) is 4.79 Å². The van der Waals surface area contributed by atoms with Crippen molar-refractivity contribution in [2.24, 2.45) is 0 Å². The molecule has 0 saturated carbocycles. The minimum absolute atomic E-state index is 0.335. The molecule has 0 aliphatic carbocycles. The van der Waals surface area contributed by atoms with Gasteiger partial charge in [-0.1, -0.05) is 30.3 Å². The molecule has 0 bridgehead atoms. The van der Waals surface area contributed by atoms with Crippen LogP contribution in [0.25, 0.3) is 0 Å². The van der Waals surface area contributed by atoms with Gasteiger partial charge >= 0.3 is 6.03 Å². The quantitative estimate of drug-likeness (QED) is 0.827. The fourth-order valence-electron chi connectivity index (χ4n) is 2.52. The molecular formula is C15H20N2O3. The maximum atomic E-state index is 12.4. The Morgan fingerprint density at radius 3 is 2.15 bits per heavy atom. The summed E-state index contributed by atoms with van der Waals surface area (Å²) in [5.74, 6) is -0.335. The third kappa shape index (κ3) is 2.41. The van der Waals surface area contributed by atoms with Gasteiger partial charge in [0.25, 0.3) is 5.91 Å². The average molecular weight is 276 g/mol. The molecule has 1 aliphatic rings. The number of rotatable bonds is 3. The molecule has 1 heterocycles. The molecule has 2 N–H and O–H groups in total. The maximum Gasteiger partial charge on any atom is 0.325 e. The SMILES string of the molecule is CC1(C)NC(=O)N(C(c2ccccc2)C(C)(C)O)C1=O. The lowest BCUT2D eigenvalue weighted by Gasteiger charge is -2.35. The summed E-state index contributed by atoms with van der Waals surface area (Å²) in [6, 6.07) is 7.88. The largest absolute Gasteiger partial charge is 0.388 e. The molecule has 3 amide bonds. The second kappa shape index (κ2) is 4.59. The molecule has 0 aromatic heterocycles. The number of carbonyl (C=O) groups is 2. The Labute approximate surface area is 118 Å². The molecule has 1 aromatic carbocycles. The lowest BCUT2D eigenvalue weighted by Crippen LogP contribution is -2.47. The highest BCUT2D eigenvalue weighted by molar-refractivity contribution is 6.07. The molecule has 2 rings (SSSR count). The predicted molar refractivity (Wildman–Crippen MR) is 74.9 cm³/mol. The number of carbonyl (C=O) groups excluding carboxylic acids is 2. The van der Waals surface area contributed by atoms with Crippen LogP contribution in [0.2, 0.25) is 0 Å². The zero-order chi connectivity index (χ0) is 15.1. The van der Waals surface area contributed by atoms with Crippen LogP contribution >= 0.6 is 0 Å². The third-order valence-corrected chi connectivity index (χ3v) is 3.43. The molecule has 108 valence electrons. The number of hydrogen-bond donors (Lipinski definition) is 2. The standard InChI is InChI=1S/C15H20N2O3/c1-14(2)12(18)17(13(19)16-14)11(15(3,4)20)10-8-6-5-7-9-10/h5-9,11,20H,1-4H3,(H,16,19). The Hall–Kier alpha value is -1.88. The van der Waals surface area contributed by atoms with Gasteiger partial charge in [0.2, 0.25) is 0 Å². The number of hydrogen-bond acceptors (Lipinski definition) is 3. The van der Waals surface area contributed by atoms with E-state index >= 15 is 0 Å². The zero-order valence-corrected chi connectivity index (χ0v) is 12.2. The number of nitrogens with zero attached hydrogens (tertiary/aromatic N) is 1. The predicted octanol–water partition coefficient (Wildman–Crippen LogP) is 1.83. The van der Waals surface area contributed by atoms with Crippen LogP contribution < -0.4 is 5.32 Å². The minimum Gasteiger partial charge on any atom is -0.388 e. The fraction of sp³-hybridized carbons (Fsp3) is 0.467. The highest BCUT2D eigenvalue weighted by atomic mass is 16.3. The smallest absolute Gasteiger partial charge is 0.325 e. The van der Waals surface area contributed by atoms with Crippen LogP contribution in [0.1, 0.15) is 39.3 Å². The fourth-order valence-corrected chi connectivity index (χ4v) is 2.52. The van der Waals surface area contributed by atoms with E-state index < -0.39 is 23.2 Å². The van der Waals surface area contributed by atoms with Gasteiger partial charge in [0.05, 0.1) is 11.6 Å². The Balaban J connectivity index is 2.49. The van der Waals surface area contributed by atoms with E-state index in [4.69, 9.17) is 0 Å². The summed E-state index contributed by atoms with van der Waals surface area (Å²) in [5.41, 5.74) is -1.47. The van der Waals surface area contributed by atoms with E-state index in [2.05, 4.69) is 5.32 Å². The van der Waals surface area contributed by atoms with E-state index in [1.807, 2.05) is 18.2 Å². The summed E-state index contributed by atoms with van der Waals surface area (Å²) >= 11 is 0. The van der Waals surface area contributed by atoms with Gasteiger partial charge in [-0.05, 0) is 33.3 Å². The second-order valence-corrected chi connectivity index (χ2v) is 6.20. The van der Waals surface area contributed by atoms with Gasteiger partial charge < -0.3 is 10.4 Å². The van der Waals surface area contributed by atoms with Crippen molar-refractivity contribution < 1.29 is 14.7 Å². The minimum atomic E-state index is -1.24. The number of nitrogens with one attached hydrogen (secondary N) is 1. The van der Waals surface area contributed by atoms with E-state index in [9.17, 15) is 14.7 Å². The zero-order valence-electron chi connectivity index (χ0n) is 12.2. The van der Waals surface area contributed by atoms with Crippen LogP contribution in [-0.4, -0.2) is 33.1 Å². The first-order chi connectivity index (χ1) is 9.14. The van der Waals surface area contributed by atoms with Gasteiger partial charge in [-0.15, -0.1) is 0 Å². The lowest BCUT2D eigenvalue weighted by atomic mass is 9.90. The Bertz CT molecular complexity index is 532. The van der Waals surface area contributed by atoms with Gasteiger partial charge in [-0.3, -0.25) is 9.69 Å². The van der Waals surface area contributed by atoms with Gasteiger partial charge in [0.1, 0.15) is 5.54 Å². The number of benzene rings is 1. The van der Waals surface area contributed by atoms with E-state index in [1.165, 1.54) is 0 Å². The Kier molecular flexibility index (Phi) is 3.34. The maximum absolute atomic E-state index is 12.4. The van der Waals surface area contributed by atoms with E-state index in [0.29, 0.717) is 0 Å². The van der Waals surface area contributed by atoms with E-state index in [0.717, 1.165) is 10.5 Å². The topological polar surface area (TPSA) is 69.6 Å². The van der Waals surface area contributed by atoms with Crippen molar-refractivity contribution in [3.8, 4) is 0 Å². The molecule has 20 heavy (non-hydrogen) atoms. The Morgan fingerprint density at radius 1 is 1.20 bits per heavy atom. The third-order valence-electron chi connectivity index (χ3n) is 3.43. The molecule has 0 radical (unpaired) electrons. The molecule has 1 saturated heterocycles. The van der Waals surface area contributed by atoms with Crippen molar-refractivity contribution >= 4 is 11.9 Å². The molecule has 1 atom stereocenters. The molecule has 5 heteroatoms. The summed E-state index contributed by atoms with van der Waals surface area (Å²) in [5, 5.41) is 13.1. The molecule has 5 nitrogen and oxygen atoms in total. The summed E-state index contributed by atoms with van der Waals surface area (Å²) < 4.78 is 0. The highest BCUT2D eigenvalue weighted by Crippen LogP contribution is 2.35. The van der Waals surface area contributed by atoms with E-state index in [1.54, 1.807) is 39.8 Å². The number of urea groups is 1. The number of aliphatic hydroxyl groups is 1. The second-order valence-electron chi connectivity index (χ2n) is 6.20. The summed E-state index contributed by atoms with van der Waals surface area (Å²) in [4.78, 5) is 25.7. The van der Waals surface area contributed by atoms with Crippen LogP contribution in [0.4, 0.5) is 4.79 Å². The van der Waals surface area contributed by atoms with Crippen LogP contribution in [0, 0.1) is 0 Å². The molecule has 1 aromatic rings. The van der Waals surface area contributed by atoms with Crippen LogP contribution in [0.3, 0.4) is 0 Å². The average Bonchev–Trinajstić information content (AvgIpc) is 2.51. The van der Waals surface area contributed by atoms with Crippen molar-refractivity contribution in [2.75, 3.05) is 0 Å². The molecular weight excluding hydrogens is 256 g/mol. The first kappa shape index (κ1) is 14.5.